The Morgan fingerprint density at radius 1 is 1.33 bits per heavy atom. The summed E-state index contributed by atoms with van der Waals surface area (Å²) in [6, 6.07) is 0.331. The van der Waals surface area contributed by atoms with E-state index in [0.717, 1.165) is 32.2 Å². The molecule has 1 aliphatic heterocycles. The number of carbonyl (C=O) groups is 2. The minimum absolute atomic E-state index is 0.0192. The van der Waals surface area contributed by atoms with Gasteiger partial charge in [-0.15, -0.1) is 0 Å². The number of likely N-dealkylation sites (tertiary alicyclic amines) is 1. The number of carbonyl (C=O) groups excluding carboxylic acids is 2. The number of aliphatic hydroxyl groups excluding tert-OH is 1. The van der Waals surface area contributed by atoms with E-state index in [1.807, 2.05) is 4.90 Å². The molecule has 0 radical (unpaired) electrons. The summed E-state index contributed by atoms with van der Waals surface area (Å²) in [5.74, 6) is 0.0972. The molecule has 0 aromatic carbocycles. The predicted molar refractivity (Wildman–Crippen MR) is 66.8 cm³/mol. The van der Waals surface area contributed by atoms with Gasteiger partial charge in [0.15, 0.2) is 0 Å². The number of nitrogens with zero attached hydrogens (tertiary/aromatic N) is 2. The number of rotatable bonds is 4. The van der Waals surface area contributed by atoms with Gasteiger partial charge in [0.2, 0.25) is 11.8 Å². The largest absolute Gasteiger partial charge is 0.395 e. The number of hydrogen-bond donors (Lipinski definition) is 1. The maximum absolute atomic E-state index is 12.4. The lowest BCUT2D eigenvalue weighted by Crippen LogP contribution is -2.47. The van der Waals surface area contributed by atoms with Gasteiger partial charge < -0.3 is 14.9 Å². The lowest BCUT2D eigenvalue weighted by atomic mass is 9.96. The highest BCUT2D eigenvalue weighted by molar-refractivity contribution is 5.81. The topological polar surface area (TPSA) is 60.9 Å². The van der Waals surface area contributed by atoms with Crippen molar-refractivity contribution in [2.45, 2.75) is 38.6 Å². The second-order valence-electron chi connectivity index (χ2n) is 5.29. The molecular weight excluding hydrogens is 232 g/mol. The van der Waals surface area contributed by atoms with E-state index in [0.29, 0.717) is 19.1 Å². The predicted octanol–water partition coefficient (Wildman–Crippen LogP) is 0.228. The highest BCUT2D eigenvalue weighted by Gasteiger charge is 2.37. The third kappa shape index (κ3) is 3.02. The Hall–Kier alpha value is -1.10. The van der Waals surface area contributed by atoms with Crippen LogP contribution in [0.5, 0.6) is 0 Å². The van der Waals surface area contributed by atoms with Gasteiger partial charge in [0.05, 0.1) is 12.5 Å². The first-order valence-corrected chi connectivity index (χ1v) is 6.80. The lowest BCUT2D eigenvalue weighted by molar-refractivity contribution is -0.141. The quantitative estimate of drug-likeness (QED) is 0.781. The Bertz CT molecular complexity index is 328. The van der Waals surface area contributed by atoms with Crippen LogP contribution in [0.2, 0.25) is 0 Å². The zero-order valence-corrected chi connectivity index (χ0v) is 11.0. The third-order valence-corrected chi connectivity index (χ3v) is 3.83. The molecule has 5 nitrogen and oxygen atoms in total. The van der Waals surface area contributed by atoms with Crippen molar-refractivity contribution in [2.75, 3.05) is 26.2 Å². The van der Waals surface area contributed by atoms with Crippen molar-refractivity contribution in [3.63, 3.8) is 0 Å². The molecule has 2 amide bonds. The first kappa shape index (κ1) is 13.3. The second-order valence-corrected chi connectivity index (χ2v) is 5.29. The average Bonchev–Trinajstić information content (AvgIpc) is 3.19. The molecule has 5 heteroatoms. The van der Waals surface area contributed by atoms with Gasteiger partial charge >= 0.3 is 0 Å². The van der Waals surface area contributed by atoms with E-state index in [4.69, 9.17) is 5.11 Å². The molecular formula is C13H22N2O3. The van der Waals surface area contributed by atoms with E-state index in [2.05, 4.69) is 0 Å². The van der Waals surface area contributed by atoms with Crippen molar-refractivity contribution in [1.82, 2.24) is 9.80 Å². The standard InChI is InChI=1S/C13H22N2O3/c1-10(17)14-6-2-3-11(9-14)13(18)15(7-8-16)12-4-5-12/h11-12,16H,2-9H2,1H3. The summed E-state index contributed by atoms with van der Waals surface area (Å²) in [5, 5.41) is 9.04. The molecule has 1 heterocycles. The van der Waals surface area contributed by atoms with Crippen LogP contribution in [0.1, 0.15) is 32.6 Å². The van der Waals surface area contributed by atoms with Crippen molar-refractivity contribution in [1.29, 1.82) is 0 Å². The molecule has 0 bridgehead atoms. The molecule has 1 saturated heterocycles. The monoisotopic (exact) mass is 254 g/mol. The van der Waals surface area contributed by atoms with Crippen LogP contribution < -0.4 is 0 Å². The SMILES string of the molecule is CC(=O)N1CCCC(C(=O)N(CCO)C2CC2)C1. The number of hydrogen-bond acceptors (Lipinski definition) is 3. The van der Waals surface area contributed by atoms with Crippen molar-refractivity contribution < 1.29 is 14.7 Å². The van der Waals surface area contributed by atoms with Crippen LogP contribution in [0.4, 0.5) is 0 Å². The first-order valence-electron chi connectivity index (χ1n) is 6.80. The van der Waals surface area contributed by atoms with Gasteiger partial charge in [0, 0.05) is 32.6 Å². The number of amides is 2. The van der Waals surface area contributed by atoms with Crippen LogP contribution in [0, 0.1) is 5.92 Å². The molecule has 1 saturated carbocycles. The van der Waals surface area contributed by atoms with Gasteiger partial charge in [-0.2, -0.15) is 0 Å². The fourth-order valence-corrected chi connectivity index (χ4v) is 2.67. The van der Waals surface area contributed by atoms with E-state index in [9.17, 15) is 9.59 Å². The molecule has 1 atom stereocenters. The average molecular weight is 254 g/mol. The van der Waals surface area contributed by atoms with Crippen molar-refractivity contribution >= 4 is 11.8 Å². The maximum atomic E-state index is 12.4. The van der Waals surface area contributed by atoms with Crippen LogP contribution in [0.3, 0.4) is 0 Å². The molecule has 1 N–H and O–H groups in total. The van der Waals surface area contributed by atoms with Crippen LogP contribution in [0.15, 0.2) is 0 Å². The first-order chi connectivity index (χ1) is 8.63. The van der Waals surface area contributed by atoms with Crippen LogP contribution in [-0.4, -0.2) is 59.0 Å². The fraction of sp³-hybridized carbons (Fsp3) is 0.846. The highest BCUT2D eigenvalue weighted by Crippen LogP contribution is 2.29. The van der Waals surface area contributed by atoms with Gasteiger partial charge in [-0.3, -0.25) is 9.59 Å². The fourth-order valence-electron chi connectivity index (χ4n) is 2.67. The molecule has 0 aromatic heterocycles. The Morgan fingerprint density at radius 3 is 2.61 bits per heavy atom. The summed E-state index contributed by atoms with van der Waals surface area (Å²) >= 11 is 0. The summed E-state index contributed by atoms with van der Waals surface area (Å²) in [5.41, 5.74) is 0. The molecule has 2 aliphatic rings. The molecule has 1 aliphatic carbocycles. The smallest absolute Gasteiger partial charge is 0.227 e. The van der Waals surface area contributed by atoms with Crippen molar-refractivity contribution in [2.24, 2.45) is 5.92 Å². The zero-order chi connectivity index (χ0) is 13.1. The molecule has 102 valence electrons. The van der Waals surface area contributed by atoms with E-state index in [1.165, 1.54) is 0 Å². The van der Waals surface area contributed by atoms with E-state index in [-0.39, 0.29) is 24.3 Å². The molecule has 18 heavy (non-hydrogen) atoms. The molecule has 0 aromatic rings. The Morgan fingerprint density at radius 2 is 2.06 bits per heavy atom. The van der Waals surface area contributed by atoms with Crippen LogP contribution >= 0.6 is 0 Å². The lowest BCUT2D eigenvalue weighted by Gasteiger charge is -2.34. The summed E-state index contributed by atoms with van der Waals surface area (Å²) in [7, 11) is 0. The van der Waals surface area contributed by atoms with Gasteiger partial charge in [-0.1, -0.05) is 0 Å². The summed E-state index contributed by atoms with van der Waals surface area (Å²) in [6.07, 6.45) is 3.86. The highest BCUT2D eigenvalue weighted by atomic mass is 16.3. The number of aliphatic hydroxyl groups is 1. The maximum Gasteiger partial charge on any atom is 0.227 e. The minimum atomic E-state index is -0.0743. The van der Waals surface area contributed by atoms with E-state index < -0.39 is 0 Å². The van der Waals surface area contributed by atoms with Crippen molar-refractivity contribution in [3.8, 4) is 0 Å². The Kier molecular flexibility index (Phi) is 4.22. The number of piperidine rings is 1. The van der Waals surface area contributed by atoms with Gasteiger partial charge in [0.25, 0.3) is 0 Å². The van der Waals surface area contributed by atoms with E-state index >= 15 is 0 Å². The molecule has 2 fully saturated rings. The Balaban J connectivity index is 1.96. The van der Waals surface area contributed by atoms with Gasteiger partial charge in [-0.25, -0.2) is 0 Å². The van der Waals surface area contributed by atoms with Crippen LogP contribution in [0.25, 0.3) is 0 Å². The Labute approximate surface area is 108 Å². The zero-order valence-electron chi connectivity index (χ0n) is 11.0. The molecule has 1 unspecified atom stereocenters. The molecule has 0 spiro atoms. The summed E-state index contributed by atoms with van der Waals surface area (Å²) < 4.78 is 0. The minimum Gasteiger partial charge on any atom is -0.395 e. The van der Waals surface area contributed by atoms with Crippen LogP contribution in [-0.2, 0) is 9.59 Å². The van der Waals surface area contributed by atoms with Gasteiger partial charge in [0.1, 0.15) is 0 Å². The third-order valence-electron chi connectivity index (χ3n) is 3.83. The summed E-state index contributed by atoms with van der Waals surface area (Å²) in [4.78, 5) is 27.4. The summed E-state index contributed by atoms with van der Waals surface area (Å²) in [6.45, 7) is 3.32. The normalized spacial score (nSPS) is 23.9. The van der Waals surface area contributed by atoms with Crippen molar-refractivity contribution in [3.05, 3.63) is 0 Å². The second kappa shape index (κ2) is 5.69. The van der Waals surface area contributed by atoms with Gasteiger partial charge in [-0.05, 0) is 25.7 Å². The molecule has 2 rings (SSSR count). The van der Waals surface area contributed by atoms with E-state index in [1.54, 1.807) is 11.8 Å².